The summed E-state index contributed by atoms with van der Waals surface area (Å²) >= 11 is 0. The molecule has 0 aliphatic heterocycles. The Bertz CT molecular complexity index is 1140. The van der Waals surface area contributed by atoms with Crippen LogP contribution in [-0.4, -0.2) is 14.1 Å². The fourth-order valence-electron chi connectivity index (χ4n) is 3.64. The number of unbranched alkanes of at least 4 members (excludes halogenated alkanes) is 2. The zero-order valence-corrected chi connectivity index (χ0v) is 15.3. The summed E-state index contributed by atoms with van der Waals surface area (Å²) in [5.41, 5.74) is 4.33. The van der Waals surface area contributed by atoms with Gasteiger partial charge in [-0.25, -0.2) is 4.98 Å². The molecule has 0 saturated heterocycles. The minimum absolute atomic E-state index is 0.00356. The monoisotopic (exact) mass is 345 g/mol. The Labute approximate surface area is 152 Å². The Morgan fingerprint density at radius 2 is 1.69 bits per heavy atom. The summed E-state index contributed by atoms with van der Waals surface area (Å²) in [6.45, 7) is 2.91. The van der Waals surface area contributed by atoms with Crippen molar-refractivity contribution in [3.8, 4) is 11.3 Å². The minimum Gasteiger partial charge on any atom is -0.350 e. The third-order valence-electron chi connectivity index (χ3n) is 4.99. The molecule has 2 aromatic heterocycles. The molecule has 0 aliphatic rings. The second-order valence-corrected chi connectivity index (χ2v) is 6.78. The molecule has 0 amide bonds. The van der Waals surface area contributed by atoms with Crippen LogP contribution in [0.4, 0.5) is 0 Å². The third-order valence-corrected chi connectivity index (χ3v) is 4.99. The van der Waals surface area contributed by atoms with Crippen molar-refractivity contribution >= 4 is 21.9 Å². The Kier molecular flexibility index (Phi) is 4.33. The fraction of sp³-hybridized carbons (Fsp3) is 0.273. The van der Waals surface area contributed by atoms with Gasteiger partial charge >= 0.3 is 0 Å². The van der Waals surface area contributed by atoms with E-state index in [9.17, 15) is 4.79 Å². The topological polar surface area (TPSA) is 39.8 Å². The first-order valence-electron chi connectivity index (χ1n) is 9.24. The van der Waals surface area contributed by atoms with E-state index in [-0.39, 0.29) is 5.56 Å². The Balaban J connectivity index is 1.98. The van der Waals surface area contributed by atoms with Crippen LogP contribution in [0.5, 0.6) is 0 Å². The average molecular weight is 345 g/mol. The maximum Gasteiger partial charge on any atom is 0.277 e. The molecule has 0 fully saturated rings. The predicted octanol–water partition coefficient (Wildman–Crippen LogP) is 4.75. The summed E-state index contributed by atoms with van der Waals surface area (Å²) in [4.78, 5) is 18.1. The van der Waals surface area contributed by atoms with E-state index in [0.29, 0.717) is 5.69 Å². The molecule has 0 unspecified atom stereocenters. The lowest BCUT2D eigenvalue weighted by Gasteiger charge is -2.12. The van der Waals surface area contributed by atoms with Crippen molar-refractivity contribution in [1.82, 2.24) is 14.1 Å². The minimum atomic E-state index is -0.00356. The molecule has 0 saturated carbocycles. The first kappa shape index (κ1) is 16.6. The van der Waals surface area contributed by atoms with Gasteiger partial charge in [-0.05, 0) is 24.6 Å². The highest BCUT2D eigenvalue weighted by Crippen LogP contribution is 2.28. The number of rotatable bonds is 5. The highest BCUT2D eigenvalue weighted by molar-refractivity contribution is 5.95. The lowest BCUT2D eigenvalue weighted by molar-refractivity contribution is 0.601. The van der Waals surface area contributed by atoms with E-state index in [1.54, 1.807) is 0 Å². The van der Waals surface area contributed by atoms with Gasteiger partial charge in [-0.2, -0.15) is 0 Å². The van der Waals surface area contributed by atoms with E-state index >= 15 is 0 Å². The molecule has 2 aromatic carbocycles. The van der Waals surface area contributed by atoms with Crippen molar-refractivity contribution < 1.29 is 0 Å². The van der Waals surface area contributed by atoms with Crippen molar-refractivity contribution in [3.05, 3.63) is 65.1 Å². The predicted molar refractivity (Wildman–Crippen MR) is 107 cm³/mol. The third kappa shape index (κ3) is 2.71. The van der Waals surface area contributed by atoms with Crippen molar-refractivity contribution in [2.45, 2.75) is 32.7 Å². The first-order valence-corrected chi connectivity index (χ1v) is 9.24. The zero-order chi connectivity index (χ0) is 18.1. The van der Waals surface area contributed by atoms with Crippen LogP contribution in [0, 0.1) is 0 Å². The number of aryl methyl sites for hydroxylation is 2. The van der Waals surface area contributed by atoms with E-state index in [1.165, 1.54) is 0 Å². The molecule has 26 heavy (non-hydrogen) atoms. The zero-order valence-electron chi connectivity index (χ0n) is 15.3. The molecule has 4 heteroatoms. The summed E-state index contributed by atoms with van der Waals surface area (Å²) in [7, 11) is 2.01. The van der Waals surface area contributed by atoms with E-state index in [2.05, 4.69) is 23.6 Å². The number of benzene rings is 2. The van der Waals surface area contributed by atoms with Crippen LogP contribution in [0.3, 0.4) is 0 Å². The normalized spacial score (nSPS) is 11.5. The smallest absolute Gasteiger partial charge is 0.277 e. The van der Waals surface area contributed by atoms with Gasteiger partial charge in [-0.15, -0.1) is 0 Å². The Morgan fingerprint density at radius 3 is 2.50 bits per heavy atom. The van der Waals surface area contributed by atoms with Crippen molar-refractivity contribution in [3.63, 3.8) is 0 Å². The van der Waals surface area contributed by atoms with E-state index in [0.717, 1.165) is 53.3 Å². The molecule has 4 aromatic rings. The summed E-state index contributed by atoms with van der Waals surface area (Å²) in [6, 6.07) is 16.1. The van der Waals surface area contributed by atoms with Gasteiger partial charge < -0.3 is 9.13 Å². The number of para-hydroxylation sites is 3. The fourth-order valence-corrected chi connectivity index (χ4v) is 3.64. The quantitative estimate of drug-likeness (QED) is 0.490. The molecule has 0 radical (unpaired) electrons. The highest BCUT2D eigenvalue weighted by atomic mass is 16.1. The van der Waals surface area contributed by atoms with Crippen LogP contribution in [0.1, 0.15) is 26.2 Å². The first-order chi connectivity index (χ1) is 12.7. The van der Waals surface area contributed by atoms with Gasteiger partial charge in [0.1, 0.15) is 5.69 Å². The molecule has 0 atom stereocenters. The molecule has 0 spiro atoms. The second kappa shape index (κ2) is 6.79. The average Bonchev–Trinajstić information content (AvgIpc) is 3.00. The molecule has 0 aliphatic carbocycles. The molecule has 4 nitrogen and oxygen atoms in total. The molecular formula is C22H23N3O. The van der Waals surface area contributed by atoms with Crippen LogP contribution in [0.2, 0.25) is 0 Å². The molecular weight excluding hydrogens is 322 g/mol. The number of hydrogen-bond donors (Lipinski definition) is 0. The SMILES string of the molecule is CCCCCn1c(=O)c(-c2cn(C)c3ccccc23)nc2ccccc21. The number of fused-ring (bicyclic) bond motifs is 2. The van der Waals surface area contributed by atoms with E-state index in [1.807, 2.05) is 54.2 Å². The van der Waals surface area contributed by atoms with Crippen LogP contribution >= 0.6 is 0 Å². The van der Waals surface area contributed by atoms with Gasteiger partial charge in [0, 0.05) is 36.3 Å². The van der Waals surface area contributed by atoms with Gasteiger partial charge in [-0.1, -0.05) is 50.1 Å². The largest absolute Gasteiger partial charge is 0.350 e. The van der Waals surface area contributed by atoms with E-state index < -0.39 is 0 Å². The summed E-state index contributed by atoms with van der Waals surface area (Å²) in [5, 5.41) is 1.06. The number of nitrogens with zero attached hydrogens (tertiary/aromatic N) is 3. The van der Waals surface area contributed by atoms with Crippen LogP contribution in [0.25, 0.3) is 33.2 Å². The van der Waals surface area contributed by atoms with Gasteiger partial charge in [0.25, 0.3) is 5.56 Å². The molecule has 0 N–H and O–H groups in total. The summed E-state index contributed by atoms with van der Waals surface area (Å²) < 4.78 is 3.96. The summed E-state index contributed by atoms with van der Waals surface area (Å²) in [5.74, 6) is 0. The maximum absolute atomic E-state index is 13.3. The van der Waals surface area contributed by atoms with Crippen molar-refractivity contribution in [2.24, 2.45) is 7.05 Å². The number of aromatic nitrogens is 3. The van der Waals surface area contributed by atoms with Crippen molar-refractivity contribution in [2.75, 3.05) is 0 Å². The summed E-state index contributed by atoms with van der Waals surface area (Å²) in [6.07, 6.45) is 5.26. The maximum atomic E-state index is 13.3. The molecule has 0 bridgehead atoms. The standard InChI is InChI=1S/C22H23N3O/c1-3-4-9-14-25-20-13-8-6-11-18(20)23-21(22(25)26)17-15-24(2)19-12-7-5-10-16(17)19/h5-8,10-13,15H,3-4,9,14H2,1-2H3. The Hall–Kier alpha value is -2.88. The lowest BCUT2D eigenvalue weighted by Crippen LogP contribution is -2.23. The second-order valence-electron chi connectivity index (χ2n) is 6.78. The van der Waals surface area contributed by atoms with Gasteiger partial charge in [0.15, 0.2) is 0 Å². The van der Waals surface area contributed by atoms with Crippen LogP contribution < -0.4 is 5.56 Å². The van der Waals surface area contributed by atoms with E-state index in [4.69, 9.17) is 4.98 Å². The van der Waals surface area contributed by atoms with Gasteiger partial charge in [0.05, 0.1) is 11.0 Å². The van der Waals surface area contributed by atoms with Crippen LogP contribution in [-0.2, 0) is 13.6 Å². The molecule has 4 rings (SSSR count). The van der Waals surface area contributed by atoms with Gasteiger partial charge in [-0.3, -0.25) is 4.79 Å². The highest BCUT2D eigenvalue weighted by Gasteiger charge is 2.16. The van der Waals surface area contributed by atoms with Gasteiger partial charge in [0.2, 0.25) is 0 Å². The van der Waals surface area contributed by atoms with Crippen molar-refractivity contribution in [1.29, 1.82) is 0 Å². The Morgan fingerprint density at radius 1 is 0.962 bits per heavy atom. The molecule has 2 heterocycles. The van der Waals surface area contributed by atoms with Crippen LogP contribution in [0.15, 0.2) is 59.5 Å². The lowest BCUT2D eigenvalue weighted by atomic mass is 10.1. The molecule has 132 valence electrons. The number of hydrogen-bond acceptors (Lipinski definition) is 2.